The first-order valence-corrected chi connectivity index (χ1v) is 11.3. The molecule has 0 bridgehead atoms. The lowest BCUT2D eigenvalue weighted by Crippen LogP contribution is -2.51. The van der Waals surface area contributed by atoms with Crippen molar-refractivity contribution in [2.75, 3.05) is 24.6 Å². The first-order chi connectivity index (χ1) is 14.1. The molecule has 1 fully saturated rings. The average Bonchev–Trinajstić information content (AvgIpc) is 3.26. The predicted molar refractivity (Wildman–Crippen MR) is 111 cm³/mol. The molecule has 0 radical (unpaired) electrons. The molecule has 0 amide bonds. The van der Waals surface area contributed by atoms with Crippen molar-refractivity contribution in [2.45, 2.75) is 61.9 Å². The zero-order valence-electron chi connectivity index (χ0n) is 16.7. The fraction of sp³-hybridized carbons (Fsp3) is 0.722. The van der Waals surface area contributed by atoms with Gasteiger partial charge in [-0.05, 0) is 19.3 Å². The monoisotopic (exact) mass is 427 g/mol. The van der Waals surface area contributed by atoms with Crippen LogP contribution in [-0.2, 0) is 4.74 Å². The maximum atomic E-state index is 10.6. The number of nitrogens with zero attached hydrogens (tertiary/aromatic N) is 4. The van der Waals surface area contributed by atoms with E-state index in [2.05, 4.69) is 26.4 Å². The number of anilines is 1. The van der Waals surface area contributed by atoms with Crippen LogP contribution in [0.25, 0.3) is 11.2 Å². The van der Waals surface area contributed by atoms with Gasteiger partial charge in [-0.2, -0.15) is 11.8 Å². The SMILES string of the molecule is Nc1ncnc2c1ncn2C1OC(CSC(CC[NH3+])CCCCC[NH3+])C(O)C1O. The predicted octanol–water partition coefficient (Wildman–Crippen LogP) is -1.44. The second-order valence-electron chi connectivity index (χ2n) is 7.43. The summed E-state index contributed by atoms with van der Waals surface area (Å²) in [5.41, 5.74) is 14.6. The van der Waals surface area contributed by atoms with Gasteiger partial charge in [-0.3, -0.25) is 4.57 Å². The van der Waals surface area contributed by atoms with E-state index in [1.54, 1.807) is 16.3 Å². The number of aliphatic hydroxyl groups excluding tert-OH is 2. The molecule has 1 aliphatic heterocycles. The van der Waals surface area contributed by atoms with Crippen molar-refractivity contribution in [3.8, 4) is 0 Å². The van der Waals surface area contributed by atoms with E-state index in [1.807, 2.05) is 0 Å². The Morgan fingerprint density at radius 1 is 1.10 bits per heavy atom. The molecule has 3 heterocycles. The molecule has 2 aromatic rings. The van der Waals surface area contributed by atoms with E-state index in [0.29, 0.717) is 22.2 Å². The topological polar surface area (TPSA) is 175 Å². The normalized spacial score (nSPS) is 25.7. The second-order valence-corrected chi connectivity index (χ2v) is 8.76. The molecule has 11 heteroatoms. The minimum Gasteiger partial charge on any atom is -0.387 e. The van der Waals surface area contributed by atoms with Crippen LogP contribution in [0.15, 0.2) is 12.7 Å². The summed E-state index contributed by atoms with van der Waals surface area (Å²) in [6.45, 7) is 1.86. The molecular formula is C18H33N7O3S+2. The lowest BCUT2D eigenvalue weighted by molar-refractivity contribution is -0.369. The van der Waals surface area contributed by atoms with Gasteiger partial charge in [0.05, 0.1) is 25.5 Å². The number of imidazole rings is 1. The summed E-state index contributed by atoms with van der Waals surface area (Å²) in [4.78, 5) is 12.3. The largest absolute Gasteiger partial charge is 0.387 e. The van der Waals surface area contributed by atoms with Crippen molar-refractivity contribution in [1.29, 1.82) is 0 Å². The quantitative estimate of drug-likeness (QED) is 0.271. The molecule has 29 heavy (non-hydrogen) atoms. The van der Waals surface area contributed by atoms with Gasteiger partial charge in [0.1, 0.15) is 24.1 Å². The van der Waals surface area contributed by atoms with Crippen molar-refractivity contribution in [3.05, 3.63) is 12.7 Å². The summed E-state index contributed by atoms with van der Waals surface area (Å²) >= 11 is 1.79. The van der Waals surface area contributed by atoms with Crippen molar-refractivity contribution in [3.63, 3.8) is 0 Å². The van der Waals surface area contributed by atoms with E-state index in [4.69, 9.17) is 10.5 Å². The van der Waals surface area contributed by atoms with Crippen molar-refractivity contribution >= 4 is 28.7 Å². The maximum Gasteiger partial charge on any atom is 0.167 e. The van der Waals surface area contributed by atoms with Gasteiger partial charge in [0, 0.05) is 17.4 Å². The fourth-order valence-corrected chi connectivity index (χ4v) is 5.05. The van der Waals surface area contributed by atoms with Crippen LogP contribution in [0, 0.1) is 0 Å². The number of fused-ring (bicyclic) bond motifs is 1. The first-order valence-electron chi connectivity index (χ1n) is 10.2. The first kappa shape index (κ1) is 22.2. The smallest absolute Gasteiger partial charge is 0.167 e. The molecule has 5 atom stereocenters. The molecule has 10 nitrogen and oxygen atoms in total. The number of aromatic nitrogens is 4. The molecule has 1 aliphatic rings. The van der Waals surface area contributed by atoms with Gasteiger partial charge in [-0.25, -0.2) is 15.0 Å². The van der Waals surface area contributed by atoms with Gasteiger partial charge in [0.2, 0.25) is 0 Å². The van der Waals surface area contributed by atoms with E-state index in [9.17, 15) is 10.2 Å². The lowest BCUT2D eigenvalue weighted by atomic mass is 10.1. The van der Waals surface area contributed by atoms with E-state index in [-0.39, 0.29) is 5.82 Å². The third-order valence-electron chi connectivity index (χ3n) is 5.30. The Hall–Kier alpha value is -1.50. The number of unbranched alkanes of at least 4 members (excludes halogenated alkanes) is 2. The Kier molecular flexibility index (Phi) is 8.04. The molecule has 0 aliphatic carbocycles. The fourth-order valence-electron chi connectivity index (χ4n) is 3.65. The number of quaternary nitrogens is 2. The Morgan fingerprint density at radius 2 is 1.93 bits per heavy atom. The van der Waals surface area contributed by atoms with Gasteiger partial charge in [-0.1, -0.05) is 6.42 Å². The molecule has 0 saturated carbocycles. The number of hydrogen-bond donors (Lipinski definition) is 5. The third-order valence-corrected chi connectivity index (χ3v) is 6.76. The van der Waals surface area contributed by atoms with Crippen LogP contribution in [0.2, 0.25) is 0 Å². The number of nitrogens with two attached hydrogens (primary N) is 1. The molecule has 0 aromatic carbocycles. The van der Waals surface area contributed by atoms with Gasteiger partial charge in [-0.15, -0.1) is 0 Å². The Morgan fingerprint density at radius 3 is 2.69 bits per heavy atom. The van der Waals surface area contributed by atoms with Crippen molar-refractivity contribution in [2.24, 2.45) is 0 Å². The molecule has 5 unspecified atom stereocenters. The summed E-state index contributed by atoms with van der Waals surface area (Å²) < 4.78 is 7.64. The van der Waals surface area contributed by atoms with Crippen LogP contribution in [-0.4, -0.2) is 72.1 Å². The number of aliphatic hydroxyl groups is 2. The van der Waals surface area contributed by atoms with Crippen LogP contribution < -0.4 is 17.2 Å². The molecule has 2 aromatic heterocycles. The van der Waals surface area contributed by atoms with Gasteiger partial charge in [0.25, 0.3) is 0 Å². The van der Waals surface area contributed by atoms with Crippen molar-refractivity contribution in [1.82, 2.24) is 19.5 Å². The highest BCUT2D eigenvalue weighted by Gasteiger charge is 2.44. The Labute approximate surface area is 174 Å². The zero-order chi connectivity index (χ0) is 20.8. The van der Waals surface area contributed by atoms with Gasteiger partial charge in [0.15, 0.2) is 17.7 Å². The summed E-state index contributed by atoms with van der Waals surface area (Å²) in [5.74, 6) is 0.877. The lowest BCUT2D eigenvalue weighted by Gasteiger charge is -2.19. The van der Waals surface area contributed by atoms with Crippen LogP contribution in [0.4, 0.5) is 5.82 Å². The van der Waals surface area contributed by atoms with Crippen LogP contribution in [0.1, 0.15) is 38.3 Å². The summed E-state index contributed by atoms with van der Waals surface area (Å²) in [7, 11) is 0. The van der Waals surface area contributed by atoms with E-state index in [0.717, 1.165) is 32.4 Å². The second kappa shape index (κ2) is 10.5. The summed E-state index contributed by atoms with van der Waals surface area (Å²) in [6.07, 6.45) is 5.26. The average molecular weight is 428 g/mol. The van der Waals surface area contributed by atoms with Crippen LogP contribution >= 0.6 is 11.8 Å². The highest BCUT2D eigenvalue weighted by molar-refractivity contribution is 7.99. The minimum absolute atomic E-state index is 0.267. The highest BCUT2D eigenvalue weighted by atomic mass is 32.2. The van der Waals surface area contributed by atoms with Crippen molar-refractivity contribution < 1.29 is 26.4 Å². The number of rotatable bonds is 11. The van der Waals surface area contributed by atoms with E-state index in [1.165, 1.54) is 25.5 Å². The minimum atomic E-state index is -1.07. The maximum absolute atomic E-state index is 10.6. The van der Waals surface area contributed by atoms with Crippen LogP contribution in [0.3, 0.4) is 0 Å². The zero-order valence-corrected chi connectivity index (χ0v) is 17.5. The Bertz CT molecular complexity index is 777. The summed E-state index contributed by atoms with van der Waals surface area (Å²) in [6, 6.07) is 0. The molecule has 3 rings (SSSR count). The van der Waals surface area contributed by atoms with Gasteiger partial charge < -0.3 is 32.2 Å². The van der Waals surface area contributed by atoms with Crippen LogP contribution in [0.5, 0.6) is 0 Å². The number of nitrogen functional groups attached to an aromatic ring is 1. The number of thioether (sulfide) groups is 1. The van der Waals surface area contributed by atoms with E-state index >= 15 is 0 Å². The standard InChI is InChI=1S/C18H31N7O3S/c19-6-3-1-2-4-11(5-7-20)29-8-12-14(26)15(27)18(28-12)25-10-24-13-16(21)22-9-23-17(13)25/h9-12,14-15,18,26-27H,1-8,19-20H2,(H2,21,22,23)/p+2. The number of ether oxygens (including phenoxy) is 1. The van der Waals surface area contributed by atoms with E-state index < -0.39 is 24.5 Å². The molecule has 10 N–H and O–H groups in total. The highest BCUT2D eigenvalue weighted by Crippen LogP contribution is 2.34. The molecule has 162 valence electrons. The van der Waals surface area contributed by atoms with Gasteiger partial charge >= 0.3 is 0 Å². The summed E-state index contributed by atoms with van der Waals surface area (Å²) in [5, 5.41) is 21.6. The molecule has 0 spiro atoms. The third kappa shape index (κ3) is 5.16. The number of hydrogen-bond acceptors (Lipinski definition) is 8. The molecular weight excluding hydrogens is 394 g/mol. The Balaban J connectivity index is 1.62. The molecule has 1 saturated heterocycles.